The molecule has 1 aliphatic rings. The third-order valence-electron chi connectivity index (χ3n) is 5.84. The van der Waals surface area contributed by atoms with Gasteiger partial charge in [0.2, 0.25) is 21.8 Å². The lowest BCUT2D eigenvalue weighted by molar-refractivity contribution is -0.864. The van der Waals surface area contributed by atoms with Crippen LogP contribution in [0.4, 0.5) is 0 Å². The van der Waals surface area contributed by atoms with Crippen LogP contribution in [0.5, 0.6) is 0 Å². The van der Waals surface area contributed by atoms with Crippen LogP contribution in [-0.2, 0) is 26.0 Å². The summed E-state index contributed by atoms with van der Waals surface area (Å²) in [6.07, 6.45) is 3.08. The Kier molecular flexibility index (Phi) is 7.52. The average Bonchev–Trinajstić information content (AvgIpc) is 3.28. The highest BCUT2D eigenvalue weighted by Crippen LogP contribution is 2.20. The maximum atomic E-state index is 13.7. The van der Waals surface area contributed by atoms with E-state index in [1.165, 1.54) is 35.5 Å². The van der Waals surface area contributed by atoms with Gasteiger partial charge in [0.1, 0.15) is 6.04 Å². The van der Waals surface area contributed by atoms with E-state index in [0.717, 1.165) is 10.6 Å². The first-order chi connectivity index (χ1) is 15.5. The van der Waals surface area contributed by atoms with E-state index in [0.29, 0.717) is 0 Å². The van der Waals surface area contributed by atoms with Gasteiger partial charge < -0.3 is 15.6 Å². The molecule has 180 valence electrons. The predicted octanol–water partition coefficient (Wildman–Crippen LogP) is -0.330. The Morgan fingerprint density at radius 3 is 2.39 bits per heavy atom. The van der Waals surface area contributed by atoms with Crippen molar-refractivity contribution in [3.05, 3.63) is 59.6 Å². The number of hydrogen-bond donors (Lipinski definition) is 1. The van der Waals surface area contributed by atoms with Crippen molar-refractivity contribution in [2.45, 2.75) is 19.4 Å². The van der Waals surface area contributed by atoms with Crippen LogP contribution in [0.1, 0.15) is 12.5 Å². The SMILES string of the molecule is CC(C(N)=O)N(C(=O)C(Cc1ccccc1)CS(=O)(=O)N1CC[N+](C)([O-])CC1)n1cccn1. The minimum atomic E-state index is -3.86. The van der Waals surface area contributed by atoms with Crippen molar-refractivity contribution in [1.82, 2.24) is 14.2 Å². The van der Waals surface area contributed by atoms with Crippen molar-refractivity contribution in [2.24, 2.45) is 11.7 Å². The number of quaternary nitrogens is 1. The average molecular weight is 479 g/mol. The quantitative estimate of drug-likeness (QED) is 0.386. The summed E-state index contributed by atoms with van der Waals surface area (Å²) in [7, 11) is -2.34. The molecule has 2 N–H and O–H groups in total. The number of benzene rings is 1. The molecule has 3 rings (SSSR count). The molecule has 2 aromatic rings. The number of carbonyl (C=O) groups is 2. The van der Waals surface area contributed by atoms with Crippen LogP contribution in [0.15, 0.2) is 48.8 Å². The highest BCUT2D eigenvalue weighted by Gasteiger charge is 2.38. The van der Waals surface area contributed by atoms with Crippen molar-refractivity contribution in [2.75, 3.05) is 44.0 Å². The van der Waals surface area contributed by atoms with Gasteiger partial charge in [0, 0.05) is 6.20 Å². The number of carbonyl (C=O) groups excluding carboxylic acids is 2. The van der Waals surface area contributed by atoms with Gasteiger partial charge in [-0.1, -0.05) is 30.3 Å². The van der Waals surface area contributed by atoms with E-state index in [-0.39, 0.29) is 32.6 Å². The van der Waals surface area contributed by atoms with Crippen molar-refractivity contribution >= 4 is 21.8 Å². The lowest BCUT2D eigenvalue weighted by Gasteiger charge is -2.44. The molecule has 2 unspecified atom stereocenters. The number of nitrogens with zero attached hydrogens (tertiary/aromatic N) is 5. The molecule has 1 aliphatic heterocycles. The smallest absolute Gasteiger partial charge is 0.247 e. The minimum Gasteiger partial charge on any atom is -0.633 e. The fourth-order valence-corrected chi connectivity index (χ4v) is 5.49. The minimum absolute atomic E-state index is 0.0924. The van der Waals surface area contributed by atoms with Crippen LogP contribution in [0.25, 0.3) is 0 Å². The van der Waals surface area contributed by atoms with Crippen LogP contribution in [0.3, 0.4) is 0 Å². The zero-order valence-electron chi connectivity index (χ0n) is 18.8. The van der Waals surface area contributed by atoms with Gasteiger partial charge in [-0.3, -0.25) is 9.59 Å². The molecule has 33 heavy (non-hydrogen) atoms. The molecule has 1 fully saturated rings. The largest absolute Gasteiger partial charge is 0.633 e. The molecule has 0 aliphatic carbocycles. The van der Waals surface area contributed by atoms with E-state index in [1.54, 1.807) is 18.2 Å². The second kappa shape index (κ2) is 10.00. The molecule has 2 heterocycles. The number of hydroxylamine groups is 3. The molecule has 12 heteroatoms. The van der Waals surface area contributed by atoms with Crippen LogP contribution >= 0.6 is 0 Å². The molecule has 0 radical (unpaired) electrons. The van der Waals surface area contributed by atoms with Gasteiger partial charge >= 0.3 is 0 Å². The first-order valence-electron chi connectivity index (χ1n) is 10.7. The molecule has 1 saturated heterocycles. The van der Waals surface area contributed by atoms with Crippen molar-refractivity contribution in [3.8, 4) is 0 Å². The van der Waals surface area contributed by atoms with Gasteiger partial charge in [-0.25, -0.2) is 13.4 Å². The maximum absolute atomic E-state index is 13.7. The Bertz CT molecular complexity index is 1050. The van der Waals surface area contributed by atoms with Gasteiger partial charge in [0.05, 0.1) is 51.1 Å². The lowest BCUT2D eigenvalue weighted by Crippen LogP contribution is -2.58. The van der Waals surface area contributed by atoms with Crippen LogP contribution in [-0.4, -0.2) is 84.1 Å². The number of amides is 2. The Balaban J connectivity index is 1.91. The summed E-state index contributed by atoms with van der Waals surface area (Å²) in [4.78, 5) is 26.8. The second-order valence-corrected chi connectivity index (χ2v) is 10.5. The number of nitrogens with two attached hydrogens (primary N) is 1. The monoisotopic (exact) mass is 478 g/mol. The molecule has 0 saturated carbocycles. The summed E-state index contributed by atoms with van der Waals surface area (Å²) in [6.45, 7) is 1.95. The van der Waals surface area contributed by atoms with Crippen molar-refractivity contribution in [3.63, 3.8) is 0 Å². The highest BCUT2D eigenvalue weighted by atomic mass is 32.2. The van der Waals surface area contributed by atoms with E-state index in [4.69, 9.17) is 5.73 Å². The molecule has 2 atom stereocenters. The van der Waals surface area contributed by atoms with Gasteiger partial charge in [0.25, 0.3) is 0 Å². The Morgan fingerprint density at radius 1 is 1.21 bits per heavy atom. The van der Waals surface area contributed by atoms with E-state index < -0.39 is 44.2 Å². The number of rotatable bonds is 9. The van der Waals surface area contributed by atoms with E-state index in [1.807, 2.05) is 18.2 Å². The van der Waals surface area contributed by atoms with E-state index >= 15 is 0 Å². The molecule has 0 spiro atoms. The topological polar surface area (TPSA) is 142 Å². The summed E-state index contributed by atoms with van der Waals surface area (Å²) < 4.78 is 27.3. The fourth-order valence-electron chi connectivity index (χ4n) is 3.79. The van der Waals surface area contributed by atoms with Crippen LogP contribution in [0.2, 0.25) is 0 Å². The van der Waals surface area contributed by atoms with Crippen LogP contribution < -0.4 is 10.7 Å². The molecule has 2 amide bonds. The summed E-state index contributed by atoms with van der Waals surface area (Å²) in [5.41, 5.74) is 6.25. The molecule has 1 aromatic carbocycles. The maximum Gasteiger partial charge on any atom is 0.247 e. The Hall–Kier alpha value is -2.80. The lowest BCUT2D eigenvalue weighted by atomic mass is 9.99. The number of hydrogen-bond acceptors (Lipinski definition) is 6. The van der Waals surface area contributed by atoms with E-state index in [2.05, 4.69) is 5.10 Å². The van der Waals surface area contributed by atoms with Gasteiger partial charge in [-0.15, -0.1) is 0 Å². The summed E-state index contributed by atoms with van der Waals surface area (Å²) >= 11 is 0. The number of sulfonamides is 1. The number of piperazine rings is 1. The van der Waals surface area contributed by atoms with Gasteiger partial charge in [0.15, 0.2) is 0 Å². The molecular weight excluding hydrogens is 448 g/mol. The van der Waals surface area contributed by atoms with Crippen molar-refractivity contribution < 1.29 is 22.7 Å². The predicted molar refractivity (Wildman–Crippen MR) is 122 cm³/mol. The number of likely N-dealkylation sites (N-methyl/N-ethyl adjacent to an activating group) is 1. The van der Waals surface area contributed by atoms with Gasteiger partial charge in [-0.2, -0.15) is 14.2 Å². The van der Waals surface area contributed by atoms with Gasteiger partial charge in [-0.05, 0) is 25.0 Å². The van der Waals surface area contributed by atoms with E-state index in [9.17, 15) is 23.2 Å². The molecule has 11 nitrogen and oxygen atoms in total. The summed E-state index contributed by atoms with van der Waals surface area (Å²) in [5.74, 6) is -2.80. The zero-order valence-corrected chi connectivity index (χ0v) is 19.6. The zero-order chi connectivity index (χ0) is 24.2. The normalized spacial score (nSPS) is 18.4. The van der Waals surface area contributed by atoms with Crippen LogP contribution in [0, 0.1) is 11.1 Å². The summed E-state index contributed by atoms with van der Waals surface area (Å²) in [6, 6.07) is 9.60. The Morgan fingerprint density at radius 2 is 1.85 bits per heavy atom. The third-order valence-corrected chi connectivity index (χ3v) is 7.82. The second-order valence-electron chi connectivity index (χ2n) is 8.50. The highest BCUT2D eigenvalue weighted by molar-refractivity contribution is 7.89. The van der Waals surface area contributed by atoms with Crippen molar-refractivity contribution in [1.29, 1.82) is 0 Å². The molecule has 0 bridgehead atoms. The standard InChI is InChI=1S/C21H30N6O5S/c1-17(20(22)28)26(25-10-6-9-23-25)21(29)19(15-18-7-4-3-5-8-18)16-33(31,32)24-11-13-27(2,30)14-12-24/h3-10,17,19H,11-16H2,1-2H3,(H2,22,28). The molecule has 1 aromatic heterocycles. The molecular formula is C21H30N6O5S. The summed E-state index contributed by atoms with van der Waals surface area (Å²) in [5, 5.41) is 17.3. The third kappa shape index (κ3) is 6.16. The first kappa shape index (κ1) is 24.8. The fraction of sp³-hybridized carbons (Fsp3) is 0.476. The number of aromatic nitrogens is 2. The first-order valence-corrected chi connectivity index (χ1v) is 12.3. The Labute approximate surface area is 193 Å². The number of primary amides is 1.